The number of aliphatic imine (C=N–C) groups is 1. The monoisotopic (exact) mass is 277 g/mol. The summed E-state index contributed by atoms with van der Waals surface area (Å²) in [5.74, 6) is 0.0457. The summed E-state index contributed by atoms with van der Waals surface area (Å²) < 4.78 is 0. The van der Waals surface area contributed by atoms with E-state index in [-0.39, 0.29) is 5.78 Å². The highest BCUT2D eigenvalue weighted by molar-refractivity contribution is 6.12. The fourth-order valence-corrected chi connectivity index (χ4v) is 2.01. The van der Waals surface area contributed by atoms with Gasteiger partial charge in [-0.25, -0.2) is 0 Å². The van der Waals surface area contributed by atoms with Crippen molar-refractivity contribution in [2.24, 2.45) is 4.99 Å². The minimum atomic E-state index is 0.0457. The van der Waals surface area contributed by atoms with Gasteiger partial charge in [-0.05, 0) is 38.0 Å². The standard InChI is InChI=1S/C19H19NO/c1-4-14(2)19(21)17-11-7-6-10-16(17)13-20-18-12-8-5-9-15(18)3/h4-13H,1-3H3/b14-4-,20-13?. The molecule has 21 heavy (non-hydrogen) atoms. The summed E-state index contributed by atoms with van der Waals surface area (Å²) in [5.41, 5.74) is 4.30. The number of hydrogen-bond acceptors (Lipinski definition) is 2. The molecule has 0 bridgehead atoms. The van der Waals surface area contributed by atoms with Crippen molar-refractivity contribution in [3.8, 4) is 0 Å². The molecule has 0 amide bonds. The second kappa shape index (κ2) is 6.80. The van der Waals surface area contributed by atoms with Gasteiger partial charge in [0.15, 0.2) is 5.78 Å². The Hall–Kier alpha value is -2.48. The van der Waals surface area contributed by atoms with Crippen molar-refractivity contribution in [1.82, 2.24) is 0 Å². The van der Waals surface area contributed by atoms with E-state index in [0.29, 0.717) is 5.56 Å². The van der Waals surface area contributed by atoms with E-state index in [1.54, 1.807) is 6.21 Å². The minimum absolute atomic E-state index is 0.0457. The van der Waals surface area contributed by atoms with Crippen LogP contribution in [-0.2, 0) is 0 Å². The average molecular weight is 277 g/mol. The largest absolute Gasteiger partial charge is 0.289 e. The number of hydrogen-bond donors (Lipinski definition) is 0. The molecule has 0 aliphatic rings. The van der Waals surface area contributed by atoms with Crippen molar-refractivity contribution in [2.45, 2.75) is 20.8 Å². The number of ketones is 1. The lowest BCUT2D eigenvalue weighted by Gasteiger charge is -2.05. The van der Waals surface area contributed by atoms with Crippen molar-refractivity contribution in [3.63, 3.8) is 0 Å². The first-order valence-electron chi connectivity index (χ1n) is 7.00. The van der Waals surface area contributed by atoms with E-state index in [4.69, 9.17) is 0 Å². The Morgan fingerprint density at radius 1 is 1.05 bits per heavy atom. The van der Waals surface area contributed by atoms with E-state index in [1.165, 1.54) is 0 Å². The van der Waals surface area contributed by atoms with Crippen molar-refractivity contribution in [1.29, 1.82) is 0 Å². The van der Waals surface area contributed by atoms with Gasteiger partial charge < -0.3 is 0 Å². The zero-order valence-electron chi connectivity index (χ0n) is 12.6. The predicted molar refractivity (Wildman–Crippen MR) is 88.6 cm³/mol. The summed E-state index contributed by atoms with van der Waals surface area (Å²) in [6, 6.07) is 15.5. The lowest BCUT2D eigenvalue weighted by atomic mass is 9.99. The molecule has 2 aromatic rings. The van der Waals surface area contributed by atoms with Gasteiger partial charge in [0, 0.05) is 17.3 Å². The van der Waals surface area contributed by atoms with Gasteiger partial charge >= 0.3 is 0 Å². The van der Waals surface area contributed by atoms with Gasteiger partial charge in [0.2, 0.25) is 0 Å². The normalized spacial score (nSPS) is 11.9. The molecule has 0 fully saturated rings. The molecule has 2 aromatic carbocycles. The average Bonchev–Trinajstić information content (AvgIpc) is 2.53. The molecule has 0 saturated heterocycles. The molecule has 0 aliphatic heterocycles. The number of nitrogens with zero attached hydrogens (tertiary/aromatic N) is 1. The van der Waals surface area contributed by atoms with Crippen LogP contribution in [0.15, 0.2) is 65.2 Å². The Morgan fingerprint density at radius 2 is 1.71 bits per heavy atom. The zero-order chi connectivity index (χ0) is 15.2. The third kappa shape index (κ3) is 3.54. The van der Waals surface area contributed by atoms with Crippen LogP contribution in [-0.4, -0.2) is 12.0 Å². The first-order valence-corrected chi connectivity index (χ1v) is 7.00. The fraction of sp³-hybridized carbons (Fsp3) is 0.158. The summed E-state index contributed by atoms with van der Waals surface area (Å²) in [4.78, 5) is 16.9. The molecule has 0 spiro atoms. The van der Waals surface area contributed by atoms with Crippen LogP contribution in [0.3, 0.4) is 0 Å². The third-order valence-electron chi connectivity index (χ3n) is 3.45. The number of Topliss-reactive ketones (excluding diaryl/α,β-unsaturated/α-hetero) is 1. The molecule has 0 unspecified atom stereocenters. The summed E-state index contributed by atoms with van der Waals surface area (Å²) >= 11 is 0. The van der Waals surface area contributed by atoms with E-state index in [1.807, 2.05) is 75.4 Å². The van der Waals surface area contributed by atoms with Crippen LogP contribution in [0.4, 0.5) is 5.69 Å². The van der Waals surface area contributed by atoms with E-state index in [2.05, 4.69) is 4.99 Å². The minimum Gasteiger partial charge on any atom is -0.289 e. The highest BCUT2D eigenvalue weighted by Gasteiger charge is 2.10. The highest BCUT2D eigenvalue weighted by Crippen LogP contribution is 2.18. The second-order valence-electron chi connectivity index (χ2n) is 4.93. The van der Waals surface area contributed by atoms with Crippen molar-refractivity contribution in [2.75, 3.05) is 0 Å². The molecular weight excluding hydrogens is 258 g/mol. The summed E-state index contributed by atoms with van der Waals surface area (Å²) in [6.07, 6.45) is 3.59. The zero-order valence-corrected chi connectivity index (χ0v) is 12.6. The number of para-hydroxylation sites is 1. The molecule has 0 heterocycles. The van der Waals surface area contributed by atoms with Crippen molar-refractivity contribution < 1.29 is 4.79 Å². The Kier molecular flexibility index (Phi) is 4.83. The predicted octanol–water partition coefficient (Wildman–Crippen LogP) is 4.89. The maximum Gasteiger partial charge on any atom is 0.189 e. The van der Waals surface area contributed by atoms with Gasteiger partial charge in [-0.1, -0.05) is 48.5 Å². The first-order chi connectivity index (χ1) is 10.1. The van der Waals surface area contributed by atoms with Gasteiger partial charge in [0.25, 0.3) is 0 Å². The molecule has 0 radical (unpaired) electrons. The van der Waals surface area contributed by atoms with Crippen LogP contribution in [0.1, 0.15) is 35.3 Å². The molecule has 2 rings (SSSR count). The highest BCUT2D eigenvalue weighted by atomic mass is 16.1. The van der Waals surface area contributed by atoms with Crippen molar-refractivity contribution in [3.05, 3.63) is 76.9 Å². The molecule has 2 heteroatoms. The molecule has 106 valence electrons. The third-order valence-corrected chi connectivity index (χ3v) is 3.45. The maximum atomic E-state index is 12.3. The van der Waals surface area contributed by atoms with E-state index in [9.17, 15) is 4.79 Å². The lowest BCUT2D eigenvalue weighted by molar-refractivity contribution is 0.103. The quantitative estimate of drug-likeness (QED) is 0.444. The summed E-state index contributed by atoms with van der Waals surface area (Å²) in [7, 11) is 0. The van der Waals surface area contributed by atoms with Crippen LogP contribution in [0.5, 0.6) is 0 Å². The number of benzene rings is 2. The molecule has 0 aliphatic carbocycles. The number of carbonyl (C=O) groups excluding carboxylic acids is 1. The van der Waals surface area contributed by atoms with Crippen LogP contribution in [0, 0.1) is 6.92 Å². The lowest BCUT2D eigenvalue weighted by Crippen LogP contribution is -2.04. The van der Waals surface area contributed by atoms with Crippen molar-refractivity contribution >= 4 is 17.7 Å². The van der Waals surface area contributed by atoms with E-state index in [0.717, 1.165) is 22.4 Å². The molecule has 0 N–H and O–H groups in total. The van der Waals surface area contributed by atoms with Gasteiger partial charge in [-0.15, -0.1) is 0 Å². The summed E-state index contributed by atoms with van der Waals surface area (Å²) in [6.45, 7) is 5.72. The fourth-order valence-electron chi connectivity index (χ4n) is 2.01. The number of allylic oxidation sites excluding steroid dienone is 2. The smallest absolute Gasteiger partial charge is 0.189 e. The number of aryl methyl sites for hydroxylation is 1. The van der Waals surface area contributed by atoms with Crippen LogP contribution < -0.4 is 0 Å². The van der Waals surface area contributed by atoms with E-state index >= 15 is 0 Å². The van der Waals surface area contributed by atoms with Gasteiger partial charge in [0.1, 0.15) is 0 Å². The molecule has 0 atom stereocenters. The Morgan fingerprint density at radius 3 is 2.43 bits per heavy atom. The van der Waals surface area contributed by atoms with E-state index < -0.39 is 0 Å². The topological polar surface area (TPSA) is 29.4 Å². The molecule has 0 saturated carbocycles. The Bertz CT molecular complexity index is 711. The number of carbonyl (C=O) groups is 1. The first kappa shape index (κ1) is 14.9. The maximum absolute atomic E-state index is 12.3. The van der Waals surface area contributed by atoms with Crippen LogP contribution in [0.2, 0.25) is 0 Å². The molecule has 0 aromatic heterocycles. The van der Waals surface area contributed by atoms with Crippen LogP contribution in [0.25, 0.3) is 0 Å². The molecule has 2 nitrogen and oxygen atoms in total. The summed E-state index contributed by atoms with van der Waals surface area (Å²) in [5, 5.41) is 0. The van der Waals surface area contributed by atoms with Gasteiger partial charge in [-0.2, -0.15) is 0 Å². The second-order valence-corrected chi connectivity index (χ2v) is 4.93. The van der Waals surface area contributed by atoms with Gasteiger partial charge in [0.05, 0.1) is 5.69 Å². The van der Waals surface area contributed by atoms with Gasteiger partial charge in [-0.3, -0.25) is 9.79 Å². The number of rotatable bonds is 4. The molecular formula is C19H19NO. The Balaban J connectivity index is 2.38. The van der Waals surface area contributed by atoms with Crippen LogP contribution >= 0.6 is 0 Å². The SMILES string of the molecule is C/C=C(/C)C(=O)c1ccccc1C=Nc1ccccc1C. The Labute approximate surface area is 125 Å².